The quantitative estimate of drug-likeness (QED) is 0.475. The molecule has 3 aromatic carbocycles. The summed E-state index contributed by atoms with van der Waals surface area (Å²) in [5.41, 5.74) is 1.29. The Labute approximate surface area is 189 Å². The van der Waals surface area contributed by atoms with Gasteiger partial charge >= 0.3 is 11.9 Å². The van der Waals surface area contributed by atoms with Crippen LogP contribution in [-0.2, 0) is 9.59 Å². The largest absolute Gasteiger partial charge is 0.480 e. The lowest BCUT2D eigenvalue weighted by Gasteiger charge is -2.16. The average molecular weight is 446 g/mol. The molecule has 8 nitrogen and oxygen atoms in total. The van der Waals surface area contributed by atoms with Gasteiger partial charge in [0.15, 0.2) is 0 Å². The van der Waals surface area contributed by atoms with Gasteiger partial charge in [0.25, 0.3) is 5.91 Å². The number of carbonyl (C=O) groups is 4. The molecule has 0 bridgehead atoms. The van der Waals surface area contributed by atoms with E-state index in [9.17, 15) is 24.3 Å². The summed E-state index contributed by atoms with van der Waals surface area (Å²) in [6.07, 6.45) is 1.35. The van der Waals surface area contributed by atoms with Crippen molar-refractivity contribution >= 4 is 45.8 Å². The number of nitrogens with one attached hydrogen (secondary N) is 1. The Balaban J connectivity index is 1.86. The Hall–Kier alpha value is -4.46. The monoisotopic (exact) mass is 446 g/mol. The maximum absolute atomic E-state index is 12.6. The number of carboxylic acids is 2. The van der Waals surface area contributed by atoms with Crippen molar-refractivity contribution in [1.29, 1.82) is 0 Å². The molecule has 3 rings (SSSR count). The second kappa shape index (κ2) is 9.78. The lowest BCUT2D eigenvalue weighted by molar-refractivity contribution is -0.137. The Morgan fingerprint density at radius 3 is 2.24 bits per heavy atom. The van der Waals surface area contributed by atoms with Crippen molar-refractivity contribution in [2.24, 2.45) is 0 Å². The number of carboxylic acid groups (broad SMARTS) is 2. The number of likely N-dealkylation sites (N-methyl/N-ethyl adjacent to an activating group) is 1. The SMILES string of the molecule is CC(=CC(=O)Nc1cc(C(=O)N(C)CC(=O)O)ccc1C(=O)O)c1ccc2ccccc2c1. The highest BCUT2D eigenvalue weighted by atomic mass is 16.4. The zero-order chi connectivity index (χ0) is 24.1. The van der Waals surface area contributed by atoms with E-state index in [1.165, 1.54) is 31.3 Å². The number of aliphatic carboxylic acids is 1. The summed E-state index contributed by atoms with van der Waals surface area (Å²) in [5.74, 6) is -3.64. The molecule has 0 radical (unpaired) electrons. The molecular weight excluding hydrogens is 424 g/mol. The van der Waals surface area contributed by atoms with Gasteiger partial charge in [-0.25, -0.2) is 4.79 Å². The first-order valence-corrected chi connectivity index (χ1v) is 9.99. The fourth-order valence-electron chi connectivity index (χ4n) is 3.35. The Bertz CT molecular complexity index is 1300. The predicted molar refractivity (Wildman–Crippen MR) is 124 cm³/mol. The van der Waals surface area contributed by atoms with E-state index in [4.69, 9.17) is 5.11 Å². The number of hydrogen-bond donors (Lipinski definition) is 3. The van der Waals surface area contributed by atoms with E-state index >= 15 is 0 Å². The summed E-state index contributed by atoms with van der Waals surface area (Å²) in [4.78, 5) is 48.5. The number of anilines is 1. The van der Waals surface area contributed by atoms with Crippen LogP contribution in [0.3, 0.4) is 0 Å². The molecule has 2 amide bonds. The summed E-state index contributed by atoms with van der Waals surface area (Å²) in [6, 6.07) is 17.3. The lowest BCUT2D eigenvalue weighted by Crippen LogP contribution is -2.32. The molecule has 0 saturated carbocycles. The normalized spacial score (nSPS) is 11.2. The van der Waals surface area contributed by atoms with Gasteiger partial charge in [0.05, 0.1) is 11.3 Å². The number of nitrogens with zero attached hydrogens (tertiary/aromatic N) is 1. The van der Waals surface area contributed by atoms with Gasteiger partial charge in [0.1, 0.15) is 6.54 Å². The summed E-state index contributed by atoms with van der Waals surface area (Å²) in [5, 5.41) is 22.9. The van der Waals surface area contributed by atoms with Crippen LogP contribution in [0.4, 0.5) is 5.69 Å². The fraction of sp³-hybridized carbons (Fsp3) is 0.120. The molecule has 33 heavy (non-hydrogen) atoms. The van der Waals surface area contributed by atoms with Crippen LogP contribution in [0.1, 0.15) is 33.2 Å². The smallest absolute Gasteiger partial charge is 0.337 e. The molecule has 0 unspecified atom stereocenters. The lowest BCUT2D eigenvalue weighted by atomic mass is 10.0. The van der Waals surface area contributed by atoms with Crippen molar-refractivity contribution in [3.63, 3.8) is 0 Å². The Kier molecular flexibility index (Phi) is 6.88. The predicted octanol–water partition coefficient (Wildman–Crippen LogP) is 3.74. The summed E-state index contributed by atoms with van der Waals surface area (Å²) in [6.45, 7) is 1.25. The minimum Gasteiger partial charge on any atom is -0.480 e. The Morgan fingerprint density at radius 1 is 0.909 bits per heavy atom. The van der Waals surface area contributed by atoms with E-state index in [0.29, 0.717) is 5.57 Å². The zero-order valence-corrected chi connectivity index (χ0v) is 18.0. The second-order valence-corrected chi connectivity index (χ2v) is 7.50. The first-order chi connectivity index (χ1) is 15.7. The molecular formula is C25H22N2O6. The van der Waals surface area contributed by atoms with Gasteiger partial charge in [-0.05, 0) is 53.1 Å². The zero-order valence-electron chi connectivity index (χ0n) is 18.0. The van der Waals surface area contributed by atoms with Crippen molar-refractivity contribution < 1.29 is 29.4 Å². The molecule has 8 heteroatoms. The van der Waals surface area contributed by atoms with E-state index < -0.39 is 30.3 Å². The van der Waals surface area contributed by atoms with E-state index in [1.54, 1.807) is 6.92 Å². The molecule has 0 fully saturated rings. The van der Waals surface area contributed by atoms with Gasteiger partial charge in [-0.2, -0.15) is 0 Å². The standard InChI is InChI=1S/C25H22N2O6/c1-15(17-8-7-16-5-3-4-6-18(16)12-17)11-22(28)26-21-13-19(9-10-20(21)25(32)33)24(31)27(2)14-23(29)30/h3-13H,14H2,1-2H3,(H,26,28)(H,29,30)(H,32,33). The molecule has 0 aromatic heterocycles. The molecule has 0 aliphatic rings. The first kappa shape index (κ1) is 23.2. The van der Waals surface area contributed by atoms with E-state index in [0.717, 1.165) is 21.2 Å². The summed E-state index contributed by atoms with van der Waals surface area (Å²) >= 11 is 0. The van der Waals surface area contributed by atoms with E-state index in [1.807, 2.05) is 42.5 Å². The summed E-state index contributed by atoms with van der Waals surface area (Å²) in [7, 11) is 1.31. The minimum absolute atomic E-state index is 0.0503. The fourth-order valence-corrected chi connectivity index (χ4v) is 3.35. The number of benzene rings is 3. The van der Waals surface area contributed by atoms with Gasteiger partial charge < -0.3 is 20.4 Å². The van der Waals surface area contributed by atoms with Crippen LogP contribution in [0.25, 0.3) is 16.3 Å². The molecule has 168 valence electrons. The molecule has 0 aliphatic heterocycles. The minimum atomic E-state index is -1.28. The van der Waals surface area contributed by atoms with Crippen LogP contribution in [0.5, 0.6) is 0 Å². The summed E-state index contributed by atoms with van der Waals surface area (Å²) < 4.78 is 0. The number of amides is 2. The molecule has 0 saturated heterocycles. The van der Waals surface area contributed by atoms with Gasteiger partial charge in [0.2, 0.25) is 5.91 Å². The molecule has 0 spiro atoms. The van der Waals surface area contributed by atoms with Gasteiger partial charge in [-0.15, -0.1) is 0 Å². The Morgan fingerprint density at radius 2 is 1.58 bits per heavy atom. The molecule has 0 heterocycles. The third kappa shape index (κ3) is 5.62. The molecule has 0 atom stereocenters. The number of rotatable bonds is 7. The topological polar surface area (TPSA) is 124 Å². The van der Waals surface area contributed by atoms with Crippen molar-refractivity contribution in [3.05, 3.63) is 83.4 Å². The second-order valence-electron chi connectivity index (χ2n) is 7.50. The van der Waals surface area contributed by atoms with Crippen LogP contribution in [0, 0.1) is 0 Å². The van der Waals surface area contributed by atoms with E-state index in [-0.39, 0.29) is 16.8 Å². The molecule has 3 N–H and O–H groups in total. The first-order valence-electron chi connectivity index (χ1n) is 9.99. The molecule has 3 aromatic rings. The van der Waals surface area contributed by atoms with Crippen molar-refractivity contribution in [3.8, 4) is 0 Å². The van der Waals surface area contributed by atoms with Gasteiger partial charge in [0, 0.05) is 18.7 Å². The van der Waals surface area contributed by atoms with Crippen molar-refractivity contribution in [2.75, 3.05) is 18.9 Å². The number of aromatic carboxylic acids is 1. The highest BCUT2D eigenvalue weighted by Gasteiger charge is 2.19. The van der Waals surface area contributed by atoms with Crippen LogP contribution >= 0.6 is 0 Å². The molecule has 0 aliphatic carbocycles. The van der Waals surface area contributed by atoms with Crippen LogP contribution in [0.2, 0.25) is 0 Å². The number of allylic oxidation sites excluding steroid dienone is 1. The maximum Gasteiger partial charge on any atom is 0.337 e. The highest BCUT2D eigenvalue weighted by Crippen LogP contribution is 2.22. The number of fused-ring (bicyclic) bond motifs is 1. The van der Waals surface area contributed by atoms with Crippen molar-refractivity contribution in [2.45, 2.75) is 6.92 Å². The van der Waals surface area contributed by atoms with E-state index in [2.05, 4.69) is 5.32 Å². The third-order valence-corrected chi connectivity index (χ3v) is 5.03. The third-order valence-electron chi connectivity index (χ3n) is 5.03. The number of hydrogen-bond acceptors (Lipinski definition) is 4. The van der Waals surface area contributed by atoms with Crippen LogP contribution in [0.15, 0.2) is 66.7 Å². The number of carbonyl (C=O) groups excluding carboxylic acids is 2. The van der Waals surface area contributed by atoms with Gasteiger partial charge in [-0.3, -0.25) is 14.4 Å². The maximum atomic E-state index is 12.6. The van der Waals surface area contributed by atoms with Crippen molar-refractivity contribution in [1.82, 2.24) is 4.90 Å². The van der Waals surface area contributed by atoms with Crippen LogP contribution < -0.4 is 5.32 Å². The highest BCUT2D eigenvalue weighted by molar-refractivity contribution is 6.09. The average Bonchev–Trinajstić information content (AvgIpc) is 2.77. The van der Waals surface area contributed by atoms with Gasteiger partial charge in [-0.1, -0.05) is 36.4 Å². The van der Waals surface area contributed by atoms with Crippen LogP contribution in [-0.4, -0.2) is 52.5 Å².